The summed E-state index contributed by atoms with van der Waals surface area (Å²) in [6.07, 6.45) is 1.92. The summed E-state index contributed by atoms with van der Waals surface area (Å²) in [5, 5.41) is 0. The van der Waals surface area contributed by atoms with Crippen molar-refractivity contribution >= 4 is 17.9 Å². The molecule has 0 bridgehead atoms. The fourth-order valence-electron chi connectivity index (χ4n) is 1.09. The molecule has 1 aromatic rings. The first kappa shape index (κ1) is 12.1. The molecule has 0 heterocycles. The predicted octanol–water partition coefficient (Wildman–Crippen LogP) is 3.53. The van der Waals surface area contributed by atoms with Crippen molar-refractivity contribution in [1.82, 2.24) is 0 Å². The lowest BCUT2D eigenvalue weighted by Gasteiger charge is -2.07. The Hall–Kier alpha value is -0.970. The third kappa shape index (κ3) is 3.95. The molecule has 0 amide bonds. The van der Waals surface area contributed by atoms with Gasteiger partial charge in [0.2, 0.25) is 0 Å². The highest BCUT2D eigenvalue weighted by atomic mass is 32.2. The minimum absolute atomic E-state index is 0.377. The lowest BCUT2D eigenvalue weighted by atomic mass is 10.0. The highest BCUT2D eigenvalue weighted by Crippen LogP contribution is 2.20. The Kier molecular flexibility index (Phi) is 5.25. The average molecular weight is 225 g/mol. The molecule has 0 radical (unpaired) electrons. The summed E-state index contributed by atoms with van der Waals surface area (Å²) in [6, 6.07) is 8.09. The summed E-state index contributed by atoms with van der Waals surface area (Å²) in [7, 11) is 1.46. The topological polar surface area (TPSA) is 30.5 Å². The lowest BCUT2D eigenvalue weighted by Crippen LogP contribution is -1.91. The zero-order valence-corrected chi connectivity index (χ0v) is 9.71. The van der Waals surface area contributed by atoms with E-state index in [1.807, 2.05) is 18.2 Å². The second kappa shape index (κ2) is 6.50. The Morgan fingerprint density at radius 3 is 2.60 bits per heavy atom. The molecule has 82 valence electrons. The Bertz CT molecular complexity index is 300. The van der Waals surface area contributed by atoms with Crippen LogP contribution >= 0.6 is 12.2 Å². The van der Waals surface area contributed by atoms with Crippen molar-refractivity contribution in [3.63, 3.8) is 0 Å². The molecule has 3 nitrogen and oxygen atoms in total. The number of hydrogen-bond donors (Lipinski definition) is 1. The molecule has 1 unspecified atom stereocenters. The van der Waals surface area contributed by atoms with Crippen molar-refractivity contribution in [2.24, 2.45) is 0 Å². The molecule has 0 fully saturated rings. The maximum atomic E-state index is 4.63. The van der Waals surface area contributed by atoms with Gasteiger partial charge in [0.05, 0.1) is 7.11 Å². The van der Waals surface area contributed by atoms with Gasteiger partial charge in [-0.25, -0.2) is 4.89 Å². The summed E-state index contributed by atoms with van der Waals surface area (Å²) in [5.41, 5.74) is 2.21. The smallest absolute Gasteiger partial charge is 0.148 e. The van der Waals surface area contributed by atoms with Crippen LogP contribution in [0.5, 0.6) is 0 Å². The van der Waals surface area contributed by atoms with Gasteiger partial charge in [-0.2, -0.15) is 0 Å². The first-order chi connectivity index (χ1) is 7.27. The van der Waals surface area contributed by atoms with Gasteiger partial charge < -0.3 is 4.72 Å². The first-order valence-corrected chi connectivity index (χ1v) is 5.37. The van der Waals surface area contributed by atoms with Crippen LogP contribution in [-0.4, -0.2) is 7.11 Å². The van der Waals surface area contributed by atoms with E-state index < -0.39 is 0 Å². The molecule has 1 N–H and O–H groups in total. The van der Waals surface area contributed by atoms with E-state index in [4.69, 9.17) is 0 Å². The Morgan fingerprint density at radius 2 is 2.07 bits per heavy atom. The fraction of sp³-hybridized carbons (Fsp3) is 0.273. The van der Waals surface area contributed by atoms with Crippen molar-refractivity contribution in [2.75, 3.05) is 11.8 Å². The van der Waals surface area contributed by atoms with Crippen LogP contribution in [0.4, 0.5) is 5.69 Å². The van der Waals surface area contributed by atoms with E-state index in [1.165, 1.54) is 12.7 Å². The van der Waals surface area contributed by atoms with Crippen molar-refractivity contribution in [1.29, 1.82) is 0 Å². The molecule has 1 atom stereocenters. The highest BCUT2D eigenvalue weighted by molar-refractivity contribution is 7.95. The number of benzene rings is 1. The average Bonchev–Trinajstić information content (AvgIpc) is 2.29. The second-order valence-corrected chi connectivity index (χ2v) is 3.57. The molecule has 1 aromatic carbocycles. The van der Waals surface area contributed by atoms with Crippen molar-refractivity contribution < 1.29 is 9.22 Å². The minimum Gasteiger partial charge on any atom is -0.304 e. The summed E-state index contributed by atoms with van der Waals surface area (Å²) in [6.45, 7) is 5.87. The number of hydrogen-bond acceptors (Lipinski definition) is 4. The quantitative estimate of drug-likeness (QED) is 0.200. The summed E-state index contributed by atoms with van der Waals surface area (Å²) >= 11 is 1.03. The molecular formula is C11H15NO2S. The molecule has 0 aliphatic heterocycles. The molecule has 0 spiro atoms. The molecule has 0 aliphatic carbocycles. The SMILES string of the molecule is C=CC(C)c1ccc(NSOOC)cc1. The van der Waals surface area contributed by atoms with Crippen LogP contribution in [0.3, 0.4) is 0 Å². The molecule has 4 heteroatoms. The van der Waals surface area contributed by atoms with Crippen LogP contribution in [0.2, 0.25) is 0 Å². The maximum absolute atomic E-state index is 4.63. The molecule has 0 saturated heterocycles. The normalized spacial score (nSPS) is 12.1. The van der Waals surface area contributed by atoms with Crippen LogP contribution < -0.4 is 4.72 Å². The molecule has 0 aromatic heterocycles. The summed E-state index contributed by atoms with van der Waals surface area (Å²) in [4.78, 5) is 4.43. The van der Waals surface area contributed by atoms with Gasteiger partial charge in [-0.1, -0.05) is 25.1 Å². The summed E-state index contributed by atoms with van der Waals surface area (Å²) in [5.74, 6) is 0.377. The number of rotatable bonds is 6. The predicted molar refractivity (Wildman–Crippen MR) is 64.4 cm³/mol. The zero-order valence-electron chi connectivity index (χ0n) is 8.90. The van der Waals surface area contributed by atoms with Crippen LogP contribution in [-0.2, 0) is 9.22 Å². The van der Waals surface area contributed by atoms with E-state index >= 15 is 0 Å². The van der Waals surface area contributed by atoms with E-state index in [0.717, 1.165) is 17.9 Å². The van der Waals surface area contributed by atoms with Gasteiger partial charge in [-0.15, -0.1) is 10.9 Å². The van der Waals surface area contributed by atoms with Gasteiger partial charge in [-0.3, -0.25) is 0 Å². The van der Waals surface area contributed by atoms with Crippen molar-refractivity contribution in [2.45, 2.75) is 12.8 Å². The van der Waals surface area contributed by atoms with E-state index in [1.54, 1.807) is 0 Å². The van der Waals surface area contributed by atoms with Gasteiger partial charge in [0.25, 0.3) is 0 Å². The number of anilines is 1. The Morgan fingerprint density at radius 1 is 1.40 bits per heavy atom. The fourth-order valence-corrected chi connectivity index (χ4v) is 1.42. The molecule has 0 aliphatic rings. The van der Waals surface area contributed by atoms with Gasteiger partial charge in [0.15, 0.2) is 0 Å². The third-order valence-corrected chi connectivity index (χ3v) is 2.57. The van der Waals surface area contributed by atoms with E-state index in [9.17, 15) is 0 Å². The Labute approximate surface area is 94.7 Å². The van der Waals surface area contributed by atoms with Crippen LogP contribution in [0.25, 0.3) is 0 Å². The minimum atomic E-state index is 0.377. The molecule has 0 saturated carbocycles. The first-order valence-electron chi connectivity index (χ1n) is 4.62. The highest BCUT2D eigenvalue weighted by Gasteiger charge is 2.00. The van der Waals surface area contributed by atoms with Crippen molar-refractivity contribution in [3.05, 3.63) is 42.5 Å². The third-order valence-electron chi connectivity index (χ3n) is 2.05. The largest absolute Gasteiger partial charge is 0.304 e. The molecule has 15 heavy (non-hydrogen) atoms. The van der Waals surface area contributed by atoms with Crippen LogP contribution in [0.1, 0.15) is 18.4 Å². The monoisotopic (exact) mass is 225 g/mol. The van der Waals surface area contributed by atoms with Gasteiger partial charge in [-0.05, 0) is 23.6 Å². The van der Waals surface area contributed by atoms with E-state index in [0.29, 0.717) is 5.92 Å². The van der Waals surface area contributed by atoms with Crippen molar-refractivity contribution in [3.8, 4) is 0 Å². The zero-order chi connectivity index (χ0) is 11.1. The van der Waals surface area contributed by atoms with Gasteiger partial charge in [0, 0.05) is 5.69 Å². The summed E-state index contributed by atoms with van der Waals surface area (Å²) < 4.78 is 7.60. The van der Waals surface area contributed by atoms with Crippen LogP contribution in [0, 0.1) is 0 Å². The van der Waals surface area contributed by atoms with Crippen LogP contribution in [0.15, 0.2) is 36.9 Å². The standard InChI is InChI=1S/C11H15NO2S/c1-4-9(2)10-5-7-11(8-6-10)12-15-14-13-3/h4-9,12H,1H2,2-3H3. The number of allylic oxidation sites excluding steroid dienone is 1. The van der Waals surface area contributed by atoms with Gasteiger partial charge in [0.1, 0.15) is 12.2 Å². The van der Waals surface area contributed by atoms with E-state index in [-0.39, 0.29) is 0 Å². The van der Waals surface area contributed by atoms with E-state index in [2.05, 4.69) is 39.6 Å². The maximum Gasteiger partial charge on any atom is 0.148 e. The molecule has 1 rings (SSSR count). The second-order valence-electron chi connectivity index (χ2n) is 3.07. The lowest BCUT2D eigenvalue weighted by molar-refractivity contribution is -0.159. The number of nitrogens with one attached hydrogen (secondary N) is 1. The Balaban J connectivity index is 2.52. The van der Waals surface area contributed by atoms with Gasteiger partial charge >= 0.3 is 0 Å². The molecular weight excluding hydrogens is 210 g/mol.